The fourth-order valence-corrected chi connectivity index (χ4v) is 4.47. The minimum atomic E-state index is -3.83. The van der Waals surface area contributed by atoms with E-state index in [0.717, 1.165) is 16.1 Å². The molecule has 1 unspecified atom stereocenters. The lowest BCUT2D eigenvalue weighted by Gasteiger charge is -2.32. The minimum absolute atomic E-state index is 0.0921. The maximum Gasteiger partial charge on any atom is 0.244 e. The van der Waals surface area contributed by atoms with Gasteiger partial charge in [-0.1, -0.05) is 29.8 Å². The number of methoxy groups -OCH3 is 1. The fraction of sp³-hybridized carbons (Fsp3) is 0.417. The number of carbonyl (C=O) groups excluding carboxylic acids is 2. The van der Waals surface area contributed by atoms with E-state index in [1.54, 1.807) is 44.2 Å². The van der Waals surface area contributed by atoms with Crippen LogP contribution in [0.4, 0.5) is 5.69 Å². The van der Waals surface area contributed by atoms with Crippen molar-refractivity contribution in [3.8, 4) is 5.75 Å². The Labute approximate surface area is 206 Å². The van der Waals surface area contributed by atoms with Crippen molar-refractivity contribution in [3.05, 3.63) is 58.6 Å². The van der Waals surface area contributed by atoms with Gasteiger partial charge in [0.25, 0.3) is 0 Å². The van der Waals surface area contributed by atoms with Crippen molar-refractivity contribution in [2.24, 2.45) is 0 Å². The molecule has 0 aliphatic carbocycles. The number of rotatable bonds is 10. The molecule has 0 aliphatic rings. The molecular formula is C24H32ClN3O5S. The molecule has 2 rings (SSSR count). The molecule has 34 heavy (non-hydrogen) atoms. The number of amides is 2. The predicted molar refractivity (Wildman–Crippen MR) is 135 cm³/mol. The van der Waals surface area contributed by atoms with E-state index in [1.807, 2.05) is 19.9 Å². The average Bonchev–Trinajstić information content (AvgIpc) is 2.75. The van der Waals surface area contributed by atoms with Crippen LogP contribution in [-0.4, -0.2) is 57.1 Å². The molecule has 0 bridgehead atoms. The lowest BCUT2D eigenvalue weighted by Crippen LogP contribution is -2.52. The quantitative estimate of drug-likeness (QED) is 0.529. The zero-order valence-electron chi connectivity index (χ0n) is 20.3. The molecule has 8 nitrogen and oxygen atoms in total. The Kier molecular flexibility index (Phi) is 9.35. The number of halogens is 1. The predicted octanol–water partition coefficient (Wildman–Crippen LogP) is 3.36. The summed E-state index contributed by atoms with van der Waals surface area (Å²) < 4.78 is 31.6. The van der Waals surface area contributed by atoms with Crippen molar-refractivity contribution >= 4 is 39.1 Å². The summed E-state index contributed by atoms with van der Waals surface area (Å²) >= 11 is 6.10. The van der Waals surface area contributed by atoms with Crippen LogP contribution >= 0.6 is 11.6 Å². The van der Waals surface area contributed by atoms with Crippen molar-refractivity contribution in [3.63, 3.8) is 0 Å². The van der Waals surface area contributed by atoms with E-state index < -0.39 is 28.5 Å². The van der Waals surface area contributed by atoms with Crippen molar-refractivity contribution in [2.75, 3.05) is 24.2 Å². The molecule has 0 aliphatic heterocycles. The number of anilines is 1. The number of carbonyl (C=O) groups is 2. The molecule has 0 saturated carbocycles. The van der Waals surface area contributed by atoms with Crippen molar-refractivity contribution in [1.29, 1.82) is 0 Å². The van der Waals surface area contributed by atoms with Crippen LogP contribution < -0.4 is 14.4 Å². The van der Waals surface area contributed by atoms with Crippen molar-refractivity contribution in [1.82, 2.24) is 10.2 Å². The summed E-state index contributed by atoms with van der Waals surface area (Å²) in [6.07, 6.45) is 1.03. The van der Waals surface area contributed by atoms with Gasteiger partial charge in [-0.25, -0.2) is 8.42 Å². The third kappa shape index (κ3) is 7.36. The van der Waals surface area contributed by atoms with Gasteiger partial charge in [0, 0.05) is 17.6 Å². The van der Waals surface area contributed by atoms with Crippen LogP contribution in [0.3, 0.4) is 0 Å². The number of ether oxygens (including phenoxy) is 1. The van der Waals surface area contributed by atoms with E-state index in [-0.39, 0.29) is 18.5 Å². The zero-order valence-corrected chi connectivity index (χ0v) is 21.9. The van der Waals surface area contributed by atoms with E-state index in [2.05, 4.69) is 5.32 Å². The molecule has 0 radical (unpaired) electrons. The molecule has 2 aromatic rings. The van der Waals surface area contributed by atoms with Gasteiger partial charge >= 0.3 is 0 Å². The largest absolute Gasteiger partial charge is 0.497 e. The van der Waals surface area contributed by atoms with Gasteiger partial charge < -0.3 is 15.0 Å². The molecule has 0 fully saturated rings. The van der Waals surface area contributed by atoms with Gasteiger partial charge in [-0.15, -0.1) is 0 Å². The van der Waals surface area contributed by atoms with Crippen LogP contribution in [0.5, 0.6) is 5.75 Å². The van der Waals surface area contributed by atoms with E-state index in [9.17, 15) is 18.0 Å². The van der Waals surface area contributed by atoms with Gasteiger partial charge in [0.15, 0.2) is 0 Å². The first kappa shape index (κ1) is 27.5. The van der Waals surface area contributed by atoms with Gasteiger partial charge in [-0.05, 0) is 63.1 Å². The number of aryl methyl sites for hydroxylation is 1. The maximum atomic E-state index is 13.5. The highest BCUT2D eigenvalue weighted by molar-refractivity contribution is 7.92. The van der Waals surface area contributed by atoms with Crippen LogP contribution in [0.15, 0.2) is 42.5 Å². The summed E-state index contributed by atoms with van der Waals surface area (Å²) in [4.78, 5) is 27.7. The van der Waals surface area contributed by atoms with E-state index >= 15 is 0 Å². The van der Waals surface area contributed by atoms with Gasteiger partial charge in [0.2, 0.25) is 21.8 Å². The smallest absolute Gasteiger partial charge is 0.244 e. The number of nitrogens with one attached hydrogen (secondary N) is 1. The van der Waals surface area contributed by atoms with E-state index in [4.69, 9.17) is 16.3 Å². The molecular weight excluding hydrogens is 478 g/mol. The molecule has 1 N–H and O–H groups in total. The molecule has 2 aromatic carbocycles. The molecule has 0 aromatic heterocycles. The molecule has 10 heteroatoms. The van der Waals surface area contributed by atoms with Crippen LogP contribution in [-0.2, 0) is 26.2 Å². The third-order valence-corrected chi connectivity index (χ3v) is 6.57. The van der Waals surface area contributed by atoms with Crippen LogP contribution in [0.25, 0.3) is 0 Å². The fourth-order valence-electron chi connectivity index (χ4n) is 3.40. The summed E-state index contributed by atoms with van der Waals surface area (Å²) in [5.41, 5.74) is 1.69. The molecule has 186 valence electrons. The topological polar surface area (TPSA) is 96.0 Å². The molecule has 0 heterocycles. The Balaban J connectivity index is 2.45. The molecule has 0 spiro atoms. The highest BCUT2D eigenvalue weighted by Crippen LogP contribution is 2.27. The lowest BCUT2D eigenvalue weighted by molar-refractivity contribution is -0.139. The SMILES string of the molecule is COc1cccc(CN(C(=O)CN(c2cc(Cl)ccc2C)S(C)(=O)=O)C(C)C(=O)NC(C)C)c1. The highest BCUT2D eigenvalue weighted by Gasteiger charge is 2.31. The first-order valence-electron chi connectivity index (χ1n) is 10.8. The van der Waals surface area contributed by atoms with Gasteiger partial charge in [0.05, 0.1) is 19.1 Å². The lowest BCUT2D eigenvalue weighted by atomic mass is 10.1. The maximum absolute atomic E-state index is 13.5. The van der Waals surface area contributed by atoms with E-state index in [0.29, 0.717) is 22.0 Å². The number of hydrogen-bond acceptors (Lipinski definition) is 5. The summed E-state index contributed by atoms with van der Waals surface area (Å²) in [5, 5.41) is 3.16. The van der Waals surface area contributed by atoms with Gasteiger partial charge in [-0.3, -0.25) is 13.9 Å². The zero-order chi connectivity index (χ0) is 25.6. The monoisotopic (exact) mass is 509 g/mol. The Morgan fingerprint density at radius 2 is 1.79 bits per heavy atom. The summed E-state index contributed by atoms with van der Waals surface area (Å²) in [6.45, 7) is 6.61. The van der Waals surface area contributed by atoms with Crippen LogP contribution in [0, 0.1) is 6.92 Å². The summed E-state index contributed by atoms with van der Waals surface area (Å²) in [6, 6.07) is 11.0. The van der Waals surface area contributed by atoms with Crippen LogP contribution in [0.2, 0.25) is 5.02 Å². The second-order valence-electron chi connectivity index (χ2n) is 8.41. The van der Waals surface area contributed by atoms with E-state index in [1.165, 1.54) is 18.1 Å². The summed E-state index contributed by atoms with van der Waals surface area (Å²) in [5.74, 6) is -0.258. The summed E-state index contributed by atoms with van der Waals surface area (Å²) in [7, 11) is -2.29. The van der Waals surface area contributed by atoms with Crippen molar-refractivity contribution < 1.29 is 22.7 Å². The Bertz CT molecular complexity index is 1140. The molecule has 1 atom stereocenters. The molecule has 0 saturated heterocycles. The second kappa shape index (κ2) is 11.6. The van der Waals surface area contributed by atoms with Crippen molar-refractivity contribution in [2.45, 2.75) is 46.3 Å². The second-order valence-corrected chi connectivity index (χ2v) is 10.8. The number of nitrogens with zero attached hydrogens (tertiary/aromatic N) is 2. The first-order valence-corrected chi connectivity index (χ1v) is 13.0. The number of benzene rings is 2. The first-order chi connectivity index (χ1) is 15.8. The van der Waals surface area contributed by atoms with Gasteiger partial charge in [-0.2, -0.15) is 0 Å². The highest BCUT2D eigenvalue weighted by atomic mass is 35.5. The number of hydrogen-bond donors (Lipinski definition) is 1. The minimum Gasteiger partial charge on any atom is -0.497 e. The Morgan fingerprint density at radius 1 is 1.12 bits per heavy atom. The number of sulfonamides is 1. The average molecular weight is 510 g/mol. The Morgan fingerprint density at radius 3 is 2.38 bits per heavy atom. The standard InChI is InChI=1S/C24H32ClN3O5S/c1-16(2)26-24(30)18(4)27(14-19-8-7-9-21(12-19)33-5)23(29)15-28(34(6,31)32)22-13-20(25)11-10-17(22)3/h7-13,16,18H,14-15H2,1-6H3,(H,26,30). The third-order valence-electron chi connectivity index (χ3n) is 5.20. The van der Waals surface area contributed by atoms with Gasteiger partial charge in [0.1, 0.15) is 18.3 Å². The Hall–Kier alpha value is -2.78. The normalized spacial score (nSPS) is 12.2. The molecule has 2 amide bonds. The van der Waals surface area contributed by atoms with Crippen LogP contribution in [0.1, 0.15) is 31.9 Å².